The minimum Gasteiger partial charge on any atom is -0.452 e. The monoisotopic (exact) mass is 393 g/mol. The van der Waals surface area contributed by atoms with E-state index >= 15 is 0 Å². The van der Waals surface area contributed by atoms with Crippen LogP contribution in [0, 0.1) is 11.6 Å². The highest BCUT2D eigenvalue weighted by molar-refractivity contribution is 6.46. The van der Waals surface area contributed by atoms with Gasteiger partial charge < -0.3 is 10.1 Å². The highest BCUT2D eigenvalue weighted by Gasteiger charge is 2.19. The second kappa shape index (κ2) is 7.79. The summed E-state index contributed by atoms with van der Waals surface area (Å²) in [6.45, 7) is -0.684. The van der Waals surface area contributed by atoms with Crippen LogP contribution < -0.4 is 5.32 Å². The fraction of sp³-hybridized carbons (Fsp3) is 0.0667. The zero-order valence-electron chi connectivity index (χ0n) is 11.7. The van der Waals surface area contributed by atoms with E-state index in [-0.39, 0.29) is 26.3 Å². The van der Waals surface area contributed by atoms with Crippen LogP contribution in [0.4, 0.5) is 14.5 Å². The second-order valence-corrected chi connectivity index (χ2v) is 5.66. The summed E-state index contributed by atoms with van der Waals surface area (Å²) >= 11 is 17.5. The Hall–Kier alpha value is -1.89. The lowest BCUT2D eigenvalue weighted by Gasteiger charge is -2.09. The Morgan fingerprint density at radius 2 is 1.67 bits per heavy atom. The van der Waals surface area contributed by atoms with Gasteiger partial charge in [0.15, 0.2) is 18.2 Å². The summed E-state index contributed by atoms with van der Waals surface area (Å²) in [5.41, 5.74) is -0.166. The van der Waals surface area contributed by atoms with Crippen LogP contribution in [0.3, 0.4) is 0 Å². The topological polar surface area (TPSA) is 55.4 Å². The number of ether oxygens (including phenoxy) is 1. The van der Waals surface area contributed by atoms with Gasteiger partial charge in [-0.05, 0) is 24.3 Å². The molecule has 24 heavy (non-hydrogen) atoms. The van der Waals surface area contributed by atoms with Gasteiger partial charge in [-0.25, -0.2) is 13.6 Å². The summed E-state index contributed by atoms with van der Waals surface area (Å²) in [6.07, 6.45) is 0. The molecule has 0 bridgehead atoms. The standard InChI is InChI=1S/C15H8Cl3F2NO3/c16-8-2-3-9(17)14(18)13(8)15(23)24-6-12(22)21-7-1-4-10(19)11(20)5-7/h1-5H,6H2,(H,21,22). The molecule has 1 amide bonds. The molecule has 0 aliphatic heterocycles. The number of esters is 1. The molecule has 1 N–H and O–H groups in total. The highest BCUT2D eigenvalue weighted by atomic mass is 35.5. The van der Waals surface area contributed by atoms with Gasteiger partial charge in [0.05, 0.1) is 20.6 Å². The van der Waals surface area contributed by atoms with E-state index in [1.807, 2.05) is 0 Å². The van der Waals surface area contributed by atoms with Crippen molar-refractivity contribution < 1.29 is 23.1 Å². The van der Waals surface area contributed by atoms with Crippen LogP contribution in [0.2, 0.25) is 15.1 Å². The third-order valence-electron chi connectivity index (χ3n) is 2.79. The minimum atomic E-state index is -1.12. The number of carbonyl (C=O) groups excluding carboxylic acids is 2. The molecule has 0 radical (unpaired) electrons. The predicted molar refractivity (Wildman–Crippen MR) is 86.7 cm³/mol. The normalized spacial score (nSPS) is 10.4. The Balaban J connectivity index is 2.00. The van der Waals surface area contributed by atoms with Crippen molar-refractivity contribution in [3.05, 3.63) is 62.6 Å². The number of carbonyl (C=O) groups is 2. The molecule has 4 nitrogen and oxygen atoms in total. The van der Waals surface area contributed by atoms with Crippen LogP contribution in [0.25, 0.3) is 0 Å². The van der Waals surface area contributed by atoms with Crippen molar-refractivity contribution in [3.8, 4) is 0 Å². The van der Waals surface area contributed by atoms with E-state index in [2.05, 4.69) is 5.32 Å². The number of benzene rings is 2. The summed E-state index contributed by atoms with van der Waals surface area (Å²) in [5.74, 6) is -3.89. The first kappa shape index (κ1) is 18.4. The molecule has 0 unspecified atom stereocenters. The maximum Gasteiger partial charge on any atom is 0.341 e. The third kappa shape index (κ3) is 4.35. The number of anilines is 1. The van der Waals surface area contributed by atoms with E-state index in [0.717, 1.165) is 18.2 Å². The van der Waals surface area contributed by atoms with Crippen molar-refractivity contribution in [2.45, 2.75) is 0 Å². The predicted octanol–water partition coefficient (Wildman–Crippen LogP) is 4.72. The van der Waals surface area contributed by atoms with Gasteiger partial charge >= 0.3 is 5.97 Å². The molecule has 126 valence electrons. The Labute approximate surface area is 150 Å². The average Bonchev–Trinajstić information content (AvgIpc) is 2.53. The molecule has 0 aromatic heterocycles. The zero-order valence-corrected chi connectivity index (χ0v) is 14.0. The molecule has 0 aliphatic rings. The van der Waals surface area contributed by atoms with E-state index < -0.39 is 30.1 Å². The molecular weight excluding hydrogens is 387 g/mol. The molecule has 2 aromatic rings. The Bertz CT molecular complexity index is 815. The van der Waals surface area contributed by atoms with E-state index in [1.165, 1.54) is 12.1 Å². The van der Waals surface area contributed by atoms with E-state index in [9.17, 15) is 18.4 Å². The SMILES string of the molecule is O=C(COC(=O)c1c(Cl)ccc(Cl)c1Cl)Nc1ccc(F)c(F)c1. The number of hydrogen-bond acceptors (Lipinski definition) is 3. The first-order valence-electron chi connectivity index (χ1n) is 6.35. The van der Waals surface area contributed by atoms with Crippen molar-refractivity contribution in [2.75, 3.05) is 11.9 Å². The molecule has 0 saturated heterocycles. The van der Waals surface area contributed by atoms with Crippen molar-refractivity contribution in [1.29, 1.82) is 0 Å². The van der Waals surface area contributed by atoms with Gasteiger partial charge in [-0.15, -0.1) is 0 Å². The van der Waals surface area contributed by atoms with Gasteiger partial charge in [-0.3, -0.25) is 4.79 Å². The lowest BCUT2D eigenvalue weighted by Crippen LogP contribution is -2.21. The fourth-order valence-electron chi connectivity index (χ4n) is 1.69. The summed E-state index contributed by atoms with van der Waals surface area (Å²) in [5, 5.41) is 2.25. The van der Waals surface area contributed by atoms with E-state index in [1.54, 1.807) is 0 Å². The van der Waals surface area contributed by atoms with Crippen molar-refractivity contribution in [2.24, 2.45) is 0 Å². The largest absolute Gasteiger partial charge is 0.452 e. The highest BCUT2D eigenvalue weighted by Crippen LogP contribution is 2.31. The van der Waals surface area contributed by atoms with E-state index in [4.69, 9.17) is 39.5 Å². The molecule has 0 fully saturated rings. The molecule has 0 atom stereocenters. The summed E-state index contributed by atoms with van der Waals surface area (Å²) in [6, 6.07) is 5.55. The molecule has 2 aromatic carbocycles. The maximum atomic E-state index is 13.0. The number of hydrogen-bond donors (Lipinski definition) is 1. The van der Waals surface area contributed by atoms with Crippen LogP contribution in [-0.2, 0) is 9.53 Å². The zero-order chi connectivity index (χ0) is 17.9. The van der Waals surface area contributed by atoms with Crippen LogP contribution in [0.1, 0.15) is 10.4 Å². The van der Waals surface area contributed by atoms with Gasteiger partial charge in [0.2, 0.25) is 0 Å². The fourth-order valence-corrected chi connectivity index (χ4v) is 2.37. The van der Waals surface area contributed by atoms with Gasteiger partial charge in [0, 0.05) is 11.8 Å². The van der Waals surface area contributed by atoms with Gasteiger partial charge in [0.1, 0.15) is 0 Å². The lowest BCUT2D eigenvalue weighted by atomic mass is 10.2. The molecule has 9 heteroatoms. The Morgan fingerprint density at radius 3 is 2.33 bits per heavy atom. The maximum absolute atomic E-state index is 13.0. The molecule has 0 saturated carbocycles. The van der Waals surface area contributed by atoms with Crippen LogP contribution >= 0.6 is 34.8 Å². The van der Waals surface area contributed by atoms with Crippen molar-refractivity contribution >= 4 is 52.4 Å². The smallest absolute Gasteiger partial charge is 0.341 e. The Kier molecular flexibility index (Phi) is 5.99. The van der Waals surface area contributed by atoms with E-state index in [0.29, 0.717) is 0 Å². The molecule has 0 heterocycles. The van der Waals surface area contributed by atoms with Crippen LogP contribution in [0.15, 0.2) is 30.3 Å². The summed E-state index contributed by atoms with van der Waals surface area (Å²) < 4.78 is 30.6. The van der Waals surface area contributed by atoms with Gasteiger partial charge in [-0.2, -0.15) is 0 Å². The van der Waals surface area contributed by atoms with Crippen LogP contribution in [-0.4, -0.2) is 18.5 Å². The third-order valence-corrected chi connectivity index (χ3v) is 3.91. The average molecular weight is 395 g/mol. The van der Waals surface area contributed by atoms with Crippen molar-refractivity contribution in [3.63, 3.8) is 0 Å². The molecule has 0 aliphatic carbocycles. The second-order valence-electron chi connectivity index (χ2n) is 4.47. The van der Waals surface area contributed by atoms with Gasteiger partial charge in [-0.1, -0.05) is 34.8 Å². The first-order valence-corrected chi connectivity index (χ1v) is 7.48. The number of nitrogens with one attached hydrogen (secondary N) is 1. The molecule has 2 rings (SSSR count). The van der Waals surface area contributed by atoms with Crippen molar-refractivity contribution in [1.82, 2.24) is 0 Å². The summed E-state index contributed by atoms with van der Waals surface area (Å²) in [4.78, 5) is 23.6. The van der Waals surface area contributed by atoms with Gasteiger partial charge in [0.25, 0.3) is 5.91 Å². The van der Waals surface area contributed by atoms with Crippen LogP contribution in [0.5, 0.6) is 0 Å². The molecular formula is C15H8Cl3F2NO3. The first-order chi connectivity index (χ1) is 11.3. The lowest BCUT2D eigenvalue weighted by molar-refractivity contribution is -0.119. The number of halogens is 5. The molecule has 0 spiro atoms. The summed E-state index contributed by atoms with van der Waals surface area (Å²) in [7, 11) is 0. The Morgan fingerprint density at radius 1 is 1.00 bits per heavy atom. The number of amides is 1. The minimum absolute atomic E-state index is 0.00812. The number of rotatable bonds is 4. The quantitative estimate of drug-likeness (QED) is 0.603.